The summed E-state index contributed by atoms with van der Waals surface area (Å²) in [5.41, 5.74) is 3.12. The van der Waals surface area contributed by atoms with Crippen molar-refractivity contribution in [3.8, 4) is 0 Å². The van der Waals surface area contributed by atoms with Crippen LogP contribution in [0.3, 0.4) is 0 Å². The Bertz CT molecular complexity index is 403. The zero-order valence-corrected chi connectivity index (χ0v) is 13.7. The maximum atomic E-state index is 3.71. The Morgan fingerprint density at radius 1 is 1.41 bits per heavy atom. The molecule has 1 fully saturated rings. The average Bonchev–Trinajstić information content (AvgIpc) is 2.21. The third kappa shape index (κ3) is 3.78. The van der Waals surface area contributed by atoms with Crippen molar-refractivity contribution in [3.63, 3.8) is 0 Å². The first-order valence-corrected chi connectivity index (χ1v) is 8.30. The lowest BCUT2D eigenvalue weighted by Crippen LogP contribution is -2.35. The van der Waals surface area contributed by atoms with Crippen molar-refractivity contribution in [2.75, 3.05) is 16.8 Å². The highest BCUT2D eigenvalue weighted by atomic mass is 127. The van der Waals surface area contributed by atoms with Crippen LogP contribution in [0.1, 0.15) is 25.8 Å². The molecule has 1 N–H and O–H groups in total. The quantitative estimate of drug-likeness (QED) is 0.776. The molecular formula is C14H20INS. The van der Waals surface area contributed by atoms with E-state index in [-0.39, 0.29) is 0 Å². The van der Waals surface area contributed by atoms with E-state index in [0.717, 1.165) is 0 Å². The topological polar surface area (TPSA) is 12.0 Å². The highest BCUT2D eigenvalue weighted by Crippen LogP contribution is 2.35. The SMILES string of the molecule is Cc1cc(I)ccc1NC1CSCC(C)(C)C1. The Balaban J connectivity index is 2.05. The van der Waals surface area contributed by atoms with Crippen LogP contribution in [0, 0.1) is 15.9 Å². The molecule has 0 aromatic heterocycles. The molecule has 1 aliphatic rings. The predicted octanol–water partition coefficient (Wildman–Crippen LogP) is 4.54. The maximum Gasteiger partial charge on any atom is 0.0373 e. The third-order valence-electron chi connectivity index (χ3n) is 3.16. The first kappa shape index (κ1) is 13.5. The number of hydrogen-bond acceptors (Lipinski definition) is 2. The zero-order valence-electron chi connectivity index (χ0n) is 10.7. The van der Waals surface area contributed by atoms with E-state index in [2.05, 4.69) is 78.6 Å². The number of hydrogen-bond donors (Lipinski definition) is 1. The summed E-state index contributed by atoms with van der Waals surface area (Å²) in [4.78, 5) is 0. The molecule has 94 valence electrons. The molecule has 2 rings (SSSR count). The summed E-state index contributed by atoms with van der Waals surface area (Å²) in [6, 6.07) is 7.24. The van der Waals surface area contributed by atoms with E-state index in [0.29, 0.717) is 11.5 Å². The number of nitrogens with one attached hydrogen (secondary N) is 1. The molecule has 1 aromatic carbocycles. The Morgan fingerprint density at radius 3 is 2.82 bits per heavy atom. The van der Waals surface area contributed by atoms with Crippen LogP contribution in [0.2, 0.25) is 0 Å². The summed E-state index contributed by atoms with van der Waals surface area (Å²) in [6.45, 7) is 6.93. The van der Waals surface area contributed by atoms with Gasteiger partial charge in [-0.05, 0) is 70.9 Å². The normalized spacial score (nSPS) is 23.4. The van der Waals surface area contributed by atoms with Gasteiger partial charge in [0.2, 0.25) is 0 Å². The number of rotatable bonds is 2. The van der Waals surface area contributed by atoms with E-state index in [1.807, 2.05) is 0 Å². The van der Waals surface area contributed by atoms with Crippen molar-refractivity contribution in [1.82, 2.24) is 0 Å². The van der Waals surface area contributed by atoms with Gasteiger partial charge in [0.1, 0.15) is 0 Å². The highest BCUT2D eigenvalue weighted by molar-refractivity contribution is 14.1. The molecule has 0 radical (unpaired) electrons. The van der Waals surface area contributed by atoms with E-state index in [1.54, 1.807) is 0 Å². The Morgan fingerprint density at radius 2 is 2.18 bits per heavy atom. The summed E-state index contributed by atoms with van der Waals surface area (Å²) in [5.74, 6) is 2.52. The van der Waals surface area contributed by atoms with Crippen molar-refractivity contribution in [3.05, 3.63) is 27.3 Å². The largest absolute Gasteiger partial charge is 0.381 e. The van der Waals surface area contributed by atoms with Crippen LogP contribution < -0.4 is 5.32 Å². The van der Waals surface area contributed by atoms with Crippen LogP contribution in [0.25, 0.3) is 0 Å². The van der Waals surface area contributed by atoms with E-state index in [9.17, 15) is 0 Å². The maximum absolute atomic E-state index is 3.71. The predicted molar refractivity (Wildman–Crippen MR) is 87.0 cm³/mol. The lowest BCUT2D eigenvalue weighted by atomic mass is 9.87. The minimum atomic E-state index is 0.470. The Hall–Kier alpha value is 0.1000. The first-order valence-electron chi connectivity index (χ1n) is 6.07. The van der Waals surface area contributed by atoms with E-state index in [1.165, 1.54) is 32.7 Å². The van der Waals surface area contributed by atoms with E-state index in [4.69, 9.17) is 0 Å². The first-order chi connectivity index (χ1) is 7.96. The van der Waals surface area contributed by atoms with E-state index >= 15 is 0 Å². The highest BCUT2D eigenvalue weighted by Gasteiger charge is 2.28. The van der Waals surface area contributed by atoms with Gasteiger partial charge >= 0.3 is 0 Å². The fourth-order valence-electron chi connectivity index (χ4n) is 2.36. The molecule has 1 saturated heterocycles. The van der Waals surface area contributed by atoms with Gasteiger partial charge in [-0.3, -0.25) is 0 Å². The molecule has 1 aromatic rings. The summed E-state index contributed by atoms with van der Waals surface area (Å²) in [6.07, 6.45) is 1.27. The summed E-state index contributed by atoms with van der Waals surface area (Å²) >= 11 is 4.44. The van der Waals surface area contributed by atoms with Gasteiger partial charge < -0.3 is 5.32 Å². The molecule has 0 aliphatic carbocycles. The standard InChI is InChI=1S/C14H20INS/c1-10-6-11(15)4-5-13(10)16-12-7-14(2,3)9-17-8-12/h4-6,12,16H,7-9H2,1-3H3. The van der Waals surface area contributed by atoms with Crippen LogP contribution >= 0.6 is 34.4 Å². The number of anilines is 1. The Kier molecular flexibility index (Phi) is 4.29. The second-order valence-corrected chi connectivity index (χ2v) is 7.96. The third-order valence-corrected chi connectivity index (χ3v) is 5.45. The smallest absolute Gasteiger partial charge is 0.0373 e. The molecule has 17 heavy (non-hydrogen) atoms. The molecule has 1 atom stereocenters. The van der Waals surface area contributed by atoms with Gasteiger partial charge in [0, 0.05) is 21.1 Å². The van der Waals surface area contributed by atoms with Crippen molar-refractivity contribution >= 4 is 40.0 Å². The minimum Gasteiger partial charge on any atom is -0.381 e. The number of thioether (sulfide) groups is 1. The molecule has 1 heterocycles. The summed E-state index contributed by atoms with van der Waals surface area (Å²) in [7, 11) is 0. The lowest BCUT2D eigenvalue weighted by molar-refractivity contribution is 0.358. The monoisotopic (exact) mass is 361 g/mol. The van der Waals surface area contributed by atoms with Gasteiger partial charge in [0.05, 0.1) is 0 Å². The van der Waals surface area contributed by atoms with Crippen molar-refractivity contribution < 1.29 is 0 Å². The fourth-order valence-corrected chi connectivity index (χ4v) is 4.28. The summed E-state index contributed by atoms with van der Waals surface area (Å²) < 4.78 is 1.31. The van der Waals surface area contributed by atoms with Gasteiger partial charge in [0.15, 0.2) is 0 Å². The molecule has 1 nitrogen and oxygen atoms in total. The molecule has 1 unspecified atom stereocenters. The van der Waals surface area contributed by atoms with Gasteiger partial charge in [-0.25, -0.2) is 0 Å². The van der Waals surface area contributed by atoms with Gasteiger partial charge in [-0.15, -0.1) is 0 Å². The number of halogens is 1. The van der Waals surface area contributed by atoms with Crippen LogP contribution in [0.4, 0.5) is 5.69 Å². The number of aryl methyl sites for hydroxylation is 1. The van der Waals surface area contributed by atoms with Crippen LogP contribution in [0.15, 0.2) is 18.2 Å². The zero-order chi connectivity index (χ0) is 12.5. The fraction of sp³-hybridized carbons (Fsp3) is 0.571. The molecule has 0 bridgehead atoms. The van der Waals surface area contributed by atoms with Crippen LogP contribution in [-0.2, 0) is 0 Å². The van der Waals surface area contributed by atoms with Crippen molar-refractivity contribution in [1.29, 1.82) is 0 Å². The van der Waals surface area contributed by atoms with Crippen molar-refractivity contribution in [2.24, 2.45) is 5.41 Å². The van der Waals surface area contributed by atoms with Crippen LogP contribution in [-0.4, -0.2) is 17.5 Å². The van der Waals surface area contributed by atoms with Gasteiger partial charge in [-0.2, -0.15) is 11.8 Å². The second-order valence-electron chi connectivity index (χ2n) is 5.68. The molecule has 3 heteroatoms. The molecule has 0 saturated carbocycles. The minimum absolute atomic E-state index is 0.470. The van der Waals surface area contributed by atoms with Crippen LogP contribution in [0.5, 0.6) is 0 Å². The molecular weight excluding hydrogens is 341 g/mol. The second kappa shape index (κ2) is 5.39. The van der Waals surface area contributed by atoms with Gasteiger partial charge in [-0.1, -0.05) is 13.8 Å². The summed E-state index contributed by atoms with van der Waals surface area (Å²) in [5, 5.41) is 3.71. The Labute approximate surface area is 122 Å². The number of benzene rings is 1. The van der Waals surface area contributed by atoms with E-state index < -0.39 is 0 Å². The van der Waals surface area contributed by atoms with Crippen molar-refractivity contribution in [2.45, 2.75) is 33.2 Å². The lowest BCUT2D eigenvalue weighted by Gasteiger charge is -2.35. The molecule has 0 spiro atoms. The average molecular weight is 361 g/mol. The molecule has 0 amide bonds. The van der Waals surface area contributed by atoms with Gasteiger partial charge in [0.25, 0.3) is 0 Å². The molecule has 1 aliphatic heterocycles.